The Morgan fingerprint density at radius 1 is 1.16 bits per heavy atom. The van der Waals surface area contributed by atoms with E-state index in [2.05, 4.69) is 60.6 Å². The largest absolute Gasteiger partial charge is 0.379 e. The van der Waals surface area contributed by atoms with Crippen LogP contribution >= 0.6 is 24.0 Å². The summed E-state index contributed by atoms with van der Waals surface area (Å²) in [5.74, 6) is 0.907. The average Bonchev–Trinajstić information content (AvgIpc) is 2.62. The van der Waals surface area contributed by atoms with Gasteiger partial charge >= 0.3 is 0 Å². The van der Waals surface area contributed by atoms with E-state index in [0.29, 0.717) is 6.04 Å². The monoisotopic (exact) mass is 460 g/mol. The minimum atomic E-state index is 0. The van der Waals surface area contributed by atoms with Gasteiger partial charge in [-0.3, -0.25) is 9.89 Å². The van der Waals surface area contributed by atoms with Gasteiger partial charge < -0.3 is 15.4 Å². The Labute approximate surface area is 169 Å². The van der Waals surface area contributed by atoms with Crippen LogP contribution in [0.4, 0.5) is 0 Å². The minimum absolute atomic E-state index is 0. The third-order valence-electron chi connectivity index (χ3n) is 4.26. The van der Waals surface area contributed by atoms with Crippen LogP contribution in [0.2, 0.25) is 0 Å². The molecule has 0 aromatic heterocycles. The molecule has 1 aromatic rings. The standard InChI is InChI=1S/C19H32N4O.HI/c1-4-10-21-19(20-5-2)22-15-18(23-11-13-24-14-12-23)17-8-6-16(3)7-9-17;/h6-9,18H,4-5,10-15H2,1-3H3,(H2,20,21,22);1H. The first kappa shape index (κ1) is 22.2. The third-order valence-corrected chi connectivity index (χ3v) is 4.26. The van der Waals surface area contributed by atoms with E-state index in [9.17, 15) is 0 Å². The van der Waals surface area contributed by atoms with Gasteiger partial charge in [0, 0.05) is 26.2 Å². The Bertz CT molecular complexity index is 501. The van der Waals surface area contributed by atoms with Crippen molar-refractivity contribution in [3.8, 4) is 0 Å². The van der Waals surface area contributed by atoms with Crippen LogP contribution in [0, 0.1) is 6.92 Å². The van der Waals surface area contributed by atoms with Crippen molar-refractivity contribution in [1.29, 1.82) is 0 Å². The number of ether oxygens (including phenoxy) is 1. The van der Waals surface area contributed by atoms with Crippen LogP contribution in [0.3, 0.4) is 0 Å². The Morgan fingerprint density at radius 2 is 1.84 bits per heavy atom. The van der Waals surface area contributed by atoms with Gasteiger partial charge in [0.1, 0.15) is 0 Å². The summed E-state index contributed by atoms with van der Waals surface area (Å²) in [4.78, 5) is 7.32. The second-order valence-electron chi connectivity index (χ2n) is 6.22. The highest BCUT2D eigenvalue weighted by molar-refractivity contribution is 14.0. The molecule has 0 saturated carbocycles. The maximum atomic E-state index is 5.52. The van der Waals surface area contributed by atoms with E-state index in [1.165, 1.54) is 11.1 Å². The molecule has 1 aliphatic heterocycles. The average molecular weight is 460 g/mol. The number of morpholine rings is 1. The molecule has 0 amide bonds. The second-order valence-corrected chi connectivity index (χ2v) is 6.22. The van der Waals surface area contributed by atoms with E-state index >= 15 is 0 Å². The number of hydrogen-bond acceptors (Lipinski definition) is 3. The predicted octanol–water partition coefficient (Wildman–Crippen LogP) is 2.95. The van der Waals surface area contributed by atoms with E-state index in [4.69, 9.17) is 9.73 Å². The van der Waals surface area contributed by atoms with E-state index in [0.717, 1.165) is 58.3 Å². The molecule has 0 aliphatic carbocycles. The number of aliphatic imine (C=N–C) groups is 1. The topological polar surface area (TPSA) is 48.9 Å². The van der Waals surface area contributed by atoms with Crippen LogP contribution in [0.5, 0.6) is 0 Å². The van der Waals surface area contributed by atoms with E-state index in [-0.39, 0.29) is 24.0 Å². The zero-order valence-corrected chi connectivity index (χ0v) is 18.1. The number of benzene rings is 1. The quantitative estimate of drug-likeness (QED) is 0.373. The maximum absolute atomic E-state index is 5.52. The highest BCUT2D eigenvalue weighted by atomic mass is 127. The second kappa shape index (κ2) is 12.5. The number of nitrogens with one attached hydrogen (secondary N) is 2. The number of halogens is 1. The highest BCUT2D eigenvalue weighted by Crippen LogP contribution is 2.22. The number of nitrogens with zero attached hydrogens (tertiary/aromatic N) is 2. The van der Waals surface area contributed by atoms with Gasteiger partial charge in [0.05, 0.1) is 25.8 Å². The van der Waals surface area contributed by atoms with Crippen molar-refractivity contribution in [2.45, 2.75) is 33.2 Å². The zero-order chi connectivity index (χ0) is 17.2. The summed E-state index contributed by atoms with van der Waals surface area (Å²) in [7, 11) is 0. The summed E-state index contributed by atoms with van der Waals surface area (Å²) < 4.78 is 5.52. The Balaban J connectivity index is 0.00000312. The van der Waals surface area contributed by atoms with Crippen LogP contribution in [-0.2, 0) is 4.74 Å². The molecule has 1 heterocycles. The first-order valence-electron chi connectivity index (χ1n) is 9.15. The lowest BCUT2D eigenvalue weighted by atomic mass is 10.0. The molecule has 1 aromatic carbocycles. The van der Waals surface area contributed by atoms with Gasteiger partial charge in [0.2, 0.25) is 0 Å². The van der Waals surface area contributed by atoms with E-state index in [1.54, 1.807) is 0 Å². The van der Waals surface area contributed by atoms with Gasteiger partial charge in [-0.15, -0.1) is 24.0 Å². The van der Waals surface area contributed by atoms with Crippen molar-refractivity contribution in [2.24, 2.45) is 4.99 Å². The first-order chi connectivity index (χ1) is 11.7. The number of guanidine groups is 1. The van der Waals surface area contributed by atoms with Gasteiger partial charge in [-0.05, 0) is 25.8 Å². The van der Waals surface area contributed by atoms with Crippen LogP contribution in [0.15, 0.2) is 29.3 Å². The summed E-state index contributed by atoms with van der Waals surface area (Å²) >= 11 is 0. The molecule has 1 unspecified atom stereocenters. The molecule has 0 radical (unpaired) electrons. The van der Waals surface area contributed by atoms with Crippen LogP contribution in [0.25, 0.3) is 0 Å². The summed E-state index contributed by atoms with van der Waals surface area (Å²) in [5.41, 5.74) is 2.62. The Hall–Kier alpha value is -0.860. The summed E-state index contributed by atoms with van der Waals surface area (Å²) in [6, 6.07) is 9.14. The number of hydrogen-bond donors (Lipinski definition) is 2. The third kappa shape index (κ3) is 7.50. The van der Waals surface area contributed by atoms with Crippen molar-refractivity contribution in [3.63, 3.8) is 0 Å². The van der Waals surface area contributed by atoms with Crippen LogP contribution in [0.1, 0.15) is 37.4 Å². The predicted molar refractivity (Wildman–Crippen MR) is 116 cm³/mol. The van der Waals surface area contributed by atoms with Gasteiger partial charge in [-0.2, -0.15) is 0 Å². The molecular weight excluding hydrogens is 427 g/mol. The molecule has 25 heavy (non-hydrogen) atoms. The Morgan fingerprint density at radius 3 is 2.44 bits per heavy atom. The summed E-state index contributed by atoms with van der Waals surface area (Å²) in [6.07, 6.45) is 1.09. The lowest BCUT2D eigenvalue weighted by Gasteiger charge is -2.34. The molecule has 1 saturated heterocycles. The van der Waals surface area contributed by atoms with E-state index < -0.39 is 0 Å². The fourth-order valence-corrected chi connectivity index (χ4v) is 2.87. The molecule has 1 atom stereocenters. The lowest BCUT2D eigenvalue weighted by molar-refractivity contribution is 0.0179. The van der Waals surface area contributed by atoms with Crippen molar-refractivity contribution in [2.75, 3.05) is 45.9 Å². The van der Waals surface area contributed by atoms with Gasteiger partial charge in [-0.1, -0.05) is 36.8 Å². The molecule has 2 N–H and O–H groups in total. The summed E-state index contributed by atoms with van der Waals surface area (Å²) in [5, 5.41) is 6.72. The SMILES string of the molecule is CCCNC(=NCC(c1ccc(C)cc1)N1CCOCC1)NCC.I. The van der Waals surface area contributed by atoms with Crippen LogP contribution < -0.4 is 10.6 Å². The van der Waals surface area contributed by atoms with E-state index in [1.807, 2.05) is 0 Å². The van der Waals surface area contributed by atoms with Crippen molar-refractivity contribution >= 4 is 29.9 Å². The molecule has 5 nitrogen and oxygen atoms in total. The molecular formula is C19H33IN4O. The fourth-order valence-electron chi connectivity index (χ4n) is 2.87. The molecule has 0 spiro atoms. The molecule has 0 bridgehead atoms. The molecule has 6 heteroatoms. The minimum Gasteiger partial charge on any atom is -0.379 e. The maximum Gasteiger partial charge on any atom is 0.191 e. The van der Waals surface area contributed by atoms with Crippen molar-refractivity contribution < 1.29 is 4.74 Å². The van der Waals surface area contributed by atoms with Crippen LogP contribution in [-0.4, -0.2) is 56.8 Å². The van der Waals surface area contributed by atoms with Crippen molar-refractivity contribution in [3.05, 3.63) is 35.4 Å². The zero-order valence-electron chi connectivity index (χ0n) is 15.8. The number of rotatable bonds is 7. The smallest absolute Gasteiger partial charge is 0.191 e. The summed E-state index contributed by atoms with van der Waals surface area (Å²) in [6.45, 7) is 12.5. The molecule has 1 fully saturated rings. The van der Waals surface area contributed by atoms with Gasteiger partial charge in [-0.25, -0.2) is 0 Å². The number of aryl methyl sites for hydroxylation is 1. The normalized spacial score (nSPS) is 16.8. The van der Waals surface area contributed by atoms with Gasteiger partial charge in [0.25, 0.3) is 0 Å². The molecule has 142 valence electrons. The molecule has 1 aliphatic rings. The first-order valence-corrected chi connectivity index (χ1v) is 9.15. The fraction of sp³-hybridized carbons (Fsp3) is 0.632. The molecule has 2 rings (SSSR count). The van der Waals surface area contributed by atoms with Gasteiger partial charge in [0.15, 0.2) is 5.96 Å². The van der Waals surface area contributed by atoms with Crippen molar-refractivity contribution in [1.82, 2.24) is 15.5 Å². The lowest BCUT2D eigenvalue weighted by Crippen LogP contribution is -2.42. The highest BCUT2D eigenvalue weighted by Gasteiger charge is 2.22. The Kier molecular flexibility index (Phi) is 11.1.